The highest BCUT2D eigenvalue weighted by Gasteiger charge is 2.47. The van der Waals surface area contributed by atoms with Crippen LogP contribution < -0.4 is 0 Å². The van der Waals surface area contributed by atoms with Crippen LogP contribution in [0, 0.1) is 0 Å². The molecule has 0 amide bonds. The lowest BCUT2D eigenvalue weighted by atomic mass is 9.98. The van der Waals surface area contributed by atoms with Gasteiger partial charge in [-0.1, -0.05) is 71.9 Å². The van der Waals surface area contributed by atoms with Gasteiger partial charge >= 0.3 is 0 Å². The summed E-state index contributed by atoms with van der Waals surface area (Å²) >= 11 is 0. The van der Waals surface area contributed by atoms with E-state index in [9.17, 15) is 5.11 Å². The van der Waals surface area contributed by atoms with Crippen molar-refractivity contribution in [2.45, 2.75) is 50.3 Å². The molecule has 1 N–H and O–H groups in total. The molecule has 1 heterocycles. The van der Waals surface area contributed by atoms with E-state index in [1.807, 2.05) is 60.7 Å². The summed E-state index contributed by atoms with van der Waals surface area (Å²) in [4.78, 5) is 2.76. The highest BCUT2D eigenvalue weighted by Crippen LogP contribution is 2.29. The summed E-state index contributed by atoms with van der Waals surface area (Å²) in [6, 6.07) is 19.4. The van der Waals surface area contributed by atoms with Crippen molar-refractivity contribution >= 4 is 0 Å². The van der Waals surface area contributed by atoms with E-state index in [2.05, 4.69) is 16.6 Å². The predicted molar refractivity (Wildman–Crippen MR) is 130 cm³/mol. The highest BCUT2D eigenvalue weighted by molar-refractivity contribution is 5.14. The van der Waals surface area contributed by atoms with Crippen molar-refractivity contribution in [3.63, 3.8) is 0 Å². The summed E-state index contributed by atoms with van der Waals surface area (Å²) in [7, 11) is 0. The van der Waals surface area contributed by atoms with Gasteiger partial charge in [-0.15, -0.1) is 6.58 Å². The Labute approximate surface area is 205 Å². The Morgan fingerprint density at radius 3 is 2.20 bits per heavy atom. The van der Waals surface area contributed by atoms with Gasteiger partial charge in [0.2, 0.25) is 0 Å². The van der Waals surface area contributed by atoms with Gasteiger partial charge in [-0.2, -0.15) is 0 Å². The van der Waals surface area contributed by atoms with Crippen molar-refractivity contribution in [3.8, 4) is 0 Å². The van der Waals surface area contributed by atoms with Gasteiger partial charge in [0, 0.05) is 18.1 Å². The lowest BCUT2D eigenvalue weighted by molar-refractivity contribution is -0.320. The van der Waals surface area contributed by atoms with Crippen LogP contribution in [0.25, 0.3) is 10.4 Å². The number of aliphatic hydroxyl groups excluding tert-OH is 1. The molecule has 1 saturated heterocycles. The quantitative estimate of drug-likeness (QED) is 0.134. The minimum atomic E-state index is -1.01. The molecule has 9 nitrogen and oxygen atoms in total. The van der Waals surface area contributed by atoms with Crippen molar-refractivity contribution in [1.29, 1.82) is 0 Å². The molecular formula is C26H33N3O6. The number of azide groups is 1. The Bertz CT molecular complexity index is 910. The fraction of sp³-hybridized carbons (Fsp3) is 0.462. The van der Waals surface area contributed by atoms with E-state index in [0.29, 0.717) is 26.2 Å². The van der Waals surface area contributed by atoms with E-state index in [-0.39, 0.29) is 19.8 Å². The number of benzene rings is 2. The smallest absolute Gasteiger partial charge is 0.186 e. The second kappa shape index (κ2) is 15.3. The van der Waals surface area contributed by atoms with Gasteiger partial charge in [0.15, 0.2) is 6.29 Å². The third-order valence-corrected chi connectivity index (χ3v) is 5.45. The van der Waals surface area contributed by atoms with Crippen molar-refractivity contribution in [2.75, 3.05) is 26.4 Å². The van der Waals surface area contributed by atoms with Crippen LogP contribution in [0.2, 0.25) is 0 Å². The monoisotopic (exact) mass is 483 g/mol. The molecule has 35 heavy (non-hydrogen) atoms. The lowest BCUT2D eigenvalue weighted by Crippen LogP contribution is -2.61. The van der Waals surface area contributed by atoms with Crippen LogP contribution in [0.3, 0.4) is 0 Å². The van der Waals surface area contributed by atoms with Crippen LogP contribution in [-0.2, 0) is 36.9 Å². The van der Waals surface area contributed by atoms with Gasteiger partial charge in [0.1, 0.15) is 24.4 Å². The summed E-state index contributed by atoms with van der Waals surface area (Å²) in [5.41, 5.74) is 10.4. The number of aliphatic hydroxyl groups is 1. The van der Waals surface area contributed by atoms with E-state index < -0.39 is 30.7 Å². The Kier molecular flexibility index (Phi) is 11.7. The third kappa shape index (κ3) is 8.76. The molecule has 1 aliphatic heterocycles. The molecule has 5 atom stereocenters. The Balaban J connectivity index is 1.77. The first-order valence-corrected chi connectivity index (χ1v) is 11.7. The molecule has 2 aromatic rings. The van der Waals surface area contributed by atoms with E-state index in [4.69, 9.17) is 29.2 Å². The molecule has 0 radical (unpaired) electrons. The number of hydrogen-bond donors (Lipinski definition) is 1. The van der Waals surface area contributed by atoms with Gasteiger partial charge in [-0.3, -0.25) is 0 Å². The maximum Gasteiger partial charge on any atom is 0.186 e. The largest absolute Gasteiger partial charge is 0.387 e. The first kappa shape index (κ1) is 26.8. The lowest BCUT2D eigenvalue weighted by Gasteiger charge is -2.44. The van der Waals surface area contributed by atoms with Gasteiger partial charge in [0.05, 0.1) is 26.4 Å². The van der Waals surface area contributed by atoms with Crippen molar-refractivity contribution in [2.24, 2.45) is 5.11 Å². The van der Waals surface area contributed by atoms with Crippen LogP contribution >= 0.6 is 0 Å². The van der Waals surface area contributed by atoms with Crippen LogP contribution in [0.5, 0.6) is 0 Å². The molecule has 2 aromatic carbocycles. The fourth-order valence-corrected chi connectivity index (χ4v) is 3.71. The maximum absolute atomic E-state index is 11.2. The highest BCUT2D eigenvalue weighted by atomic mass is 16.7. The SMILES string of the molecule is C=CCOC[C@@H]1O[C@@H](OCCCN=[N+]=[N-])[C@@H](OCc2ccccc2)[C@@H](OCc2ccccc2)[C@@H]1O. The Morgan fingerprint density at radius 2 is 1.60 bits per heavy atom. The molecule has 0 aromatic heterocycles. The molecule has 0 bridgehead atoms. The second-order valence-corrected chi connectivity index (χ2v) is 8.06. The summed E-state index contributed by atoms with van der Waals surface area (Å²) in [5, 5.41) is 14.7. The van der Waals surface area contributed by atoms with Crippen molar-refractivity contribution < 1.29 is 28.8 Å². The van der Waals surface area contributed by atoms with E-state index in [1.165, 1.54) is 0 Å². The molecule has 1 aliphatic rings. The number of ether oxygens (including phenoxy) is 5. The van der Waals surface area contributed by atoms with Gasteiger partial charge < -0.3 is 28.8 Å². The minimum Gasteiger partial charge on any atom is -0.387 e. The van der Waals surface area contributed by atoms with Crippen LogP contribution in [0.15, 0.2) is 78.4 Å². The summed E-state index contributed by atoms with van der Waals surface area (Å²) in [6.07, 6.45) is -1.79. The average Bonchev–Trinajstić information content (AvgIpc) is 2.89. The first-order valence-electron chi connectivity index (χ1n) is 11.7. The molecular weight excluding hydrogens is 450 g/mol. The second-order valence-electron chi connectivity index (χ2n) is 8.06. The molecule has 9 heteroatoms. The normalized spacial score (nSPS) is 24.0. The van der Waals surface area contributed by atoms with E-state index in [1.54, 1.807) is 6.08 Å². The Morgan fingerprint density at radius 1 is 0.971 bits per heavy atom. The maximum atomic E-state index is 11.2. The first-order chi connectivity index (χ1) is 17.2. The summed E-state index contributed by atoms with van der Waals surface area (Å²) < 4.78 is 30.1. The summed E-state index contributed by atoms with van der Waals surface area (Å²) in [5.74, 6) is 0. The molecule has 0 spiro atoms. The number of rotatable bonds is 15. The number of nitrogens with zero attached hydrogens (tertiary/aromatic N) is 3. The Hall–Kier alpha value is -2.75. The van der Waals surface area contributed by atoms with Crippen LogP contribution in [0.1, 0.15) is 17.5 Å². The predicted octanol–water partition coefficient (Wildman–Crippen LogP) is 4.16. The summed E-state index contributed by atoms with van der Waals surface area (Å²) in [6.45, 7) is 5.30. The minimum absolute atomic E-state index is 0.141. The van der Waals surface area contributed by atoms with E-state index in [0.717, 1.165) is 11.1 Å². The average molecular weight is 484 g/mol. The molecule has 0 aliphatic carbocycles. The molecule has 1 fully saturated rings. The van der Waals surface area contributed by atoms with Crippen molar-refractivity contribution in [1.82, 2.24) is 0 Å². The zero-order valence-corrected chi connectivity index (χ0v) is 19.7. The van der Waals surface area contributed by atoms with Crippen LogP contribution in [-0.4, -0.2) is 62.2 Å². The van der Waals surface area contributed by atoms with Crippen molar-refractivity contribution in [3.05, 3.63) is 94.9 Å². The molecule has 0 saturated carbocycles. The zero-order chi connectivity index (χ0) is 24.7. The van der Waals surface area contributed by atoms with Gasteiger partial charge in [-0.25, -0.2) is 0 Å². The van der Waals surface area contributed by atoms with E-state index >= 15 is 0 Å². The fourth-order valence-electron chi connectivity index (χ4n) is 3.71. The third-order valence-electron chi connectivity index (χ3n) is 5.45. The standard InChI is InChI=1S/C26H33N3O6/c1-2-15-31-19-22-23(30)24(33-17-20-10-5-3-6-11-20)25(34-18-21-12-7-4-8-13-21)26(35-22)32-16-9-14-28-29-27/h2-8,10-13,22-26,30H,1,9,14-19H2/t22-,23+,24-,25-,26+/m0/s1. The zero-order valence-electron chi connectivity index (χ0n) is 19.7. The van der Waals surface area contributed by atoms with Gasteiger partial charge in [0.25, 0.3) is 0 Å². The molecule has 0 unspecified atom stereocenters. The molecule has 188 valence electrons. The topological polar surface area (TPSA) is 115 Å². The molecule has 3 rings (SSSR count). The van der Waals surface area contributed by atoms with Gasteiger partial charge in [-0.05, 0) is 23.1 Å². The van der Waals surface area contributed by atoms with Crippen LogP contribution in [0.4, 0.5) is 0 Å². The number of hydrogen-bond acceptors (Lipinski definition) is 7.